The van der Waals surface area contributed by atoms with Crippen LogP contribution in [0.15, 0.2) is 41.2 Å². The smallest absolute Gasteiger partial charge is 0.273 e. The van der Waals surface area contributed by atoms with Gasteiger partial charge in [0.25, 0.3) is 11.5 Å². The molecule has 6 heteroatoms. The van der Waals surface area contributed by atoms with E-state index < -0.39 is 0 Å². The van der Waals surface area contributed by atoms with Gasteiger partial charge in [-0.1, -0.05) is 0 Å². The van der Waals surface area contributed by atoms with Gasteiger partial charge < -0.3 is 15.2 Å². The highest BCUT2D eigenvalue weighted by molar-refractivity contribution is 5.94. The van der Waals surface area contributed by atoms with Crippen LogP contribution in [0.5, 0.6) is 0 Å². The van der Waals surface area contributed by atoms with Crippen LogP contribution in [0.4, 0.5) is 10.1 Å². The molecule has 2 aliphatic heterocycles. The number of benzene rings is 1. The lowest BCUT2D eigenvalue weighted by molar-refractivity contribution is 0.0594. The van der Waals surface area contributed by atoms with Crippen LogP contribution in [0.2, 0.25) is 0 Å². The molecule has 1 fully saturated rings. The zero-order valence-electron chi connectivity index (χ0n) is 13.1. The number of hydrogen-bond acceptors (Lipinski definition) is 3. The molecular formula is C18H18FN3O2. The molecule has 1 aromatic carbocycles. The van der Waals surface area contributed by atoms with Crippen molar-refractivity contribution in [3.05, 3.63) is 63.8 Å². The lowest BCUT2D eigenvalue weighted by atomic mass is 9.83. The molecule has 0 spiro atoms. The Morgan fingerprint density at radius 1 is 1.08 bits per heavy atom. The number of fused-ring (bicyclic) bond motifs is 4. The van der Waals surface area contributed by atoms with E-state index in [0.29, 0.717) is 25.2 Å². The van der Waals surface area contributed by atoms with Crippen molar-refractivity contribution >= 4 is 11.6 Å². The Bertz CT molecular complexity index is 860. The molecule has 2 atom stereocenters. The van der Waals surface area contributed by atoms with Crippen LogP contribution in [-0.2, 0) is 6.54 Å². The van der Waals surface area contributed by atoms with E-state index in [2.05, 4.69) is 0 Å². The maximum absolute atomic E-state index is 13.0. The SMILES string of the molecule is Nc1ccc2n(c1=O)C[C@@H]1C[C@@H]2CN(C(=O)c2ccc(F)cc2)C1. The summed E-state index contributed by atoms with van der Waals surface area (Å²) >= 11 is 0. The number of carbonyl (C=O) groups excluding carboxylic acids is 1. The van der Waals surface area contributed by atoms with Crippen molar-refractivity contribution in [1.82, 2.24) is 9.47 Å². The Morgan fingerprint density at radius 2 is 1.83 bits per heavy atom. The number of nitrogens with zero attached hydrogens (tertiary/aromatic N) is 2. The Kier molecular flexibility index (Phi) is 3.40. The number of piperidine rings is 1. The summed E-state index contributed by atoms with van der Waals surface area (Å²) in [4.78, 5) is 26.7. The number of aromatic nitrogens is 1. The lowest BCUT2D eigenvalue weighted by Crippen LogP contribution is -2.49. The third kappa shape index (κ3) is 2.38. The van der Waals surface area contributed by atoms with Crippen molar-refractivity contribution in [1.29, 1.82) is 0 Å². The minimum atomic E-state index is -0.354. The zero-order chi connectivity index (χ0) is 16.8. The summed E-state index contributed by atoms with van der Waals surface area (Å²) < 4.78 is 14.8. The van der Waals surface area contributed by atoms with E-state index in [1.54, 1.807) is 10.6 Å². The number of amides is 1. The summed E-state index contributed by atoms with van der Waals surface area (Å²) in [6.45, 7) is 1.76. The molecule has 2 N–H and O–H groups in total. The molecule has 4 rings (SSSR count). The van der Waals surface area contributed by atoms with Crippen LogP contribution in [0.1, 0.15) is 28.4 Å². The van der Waals surface area contributed by atoms with Crippen LogP contribution < -0.4 is 11.3 Å². The molecular weight excluding hydrogens is 309 g/mol. The predicted molar refractivity (Wildman–Crippen MR) is 88.3 cm³/mol. The largest absolute Gasteiger partial charge is 0.394 e. The standard InChI is InChI=1S/C18H18FN3O2/c19-14-3-1-12(2-4-14)17(23)21-8-11-7-13(10-21)16-6-5-15(20)18(24)22(16)9-11/h1-6,11,13H,7-10,20H2/t11-,13-/m1/s1. The average Bonchev–Trinajstić information content (AvgIpc) is 2.58. The summed E-state index contributed by atoms with van der Waals surface area (Å²) in [5.74, 6) is -0.0701. The molecule has 2 aliphatic rings. The lowest BCUT2D eigenvalue weighted by Gasteiger charge is -2.42. The zero-order valence-corrected chi connectivity index (χ0v) is 13.1. The molecule has 0 aliphatic carbocycles. The van der Waals surface area contributed by atoms with E-state index >= 15 is 0 Å². The van der Waals surface area contributed by atoms with Gasteiger partial charge in [-0.3, -0.25) is 9.59 Å². The monoisotopic (exact) mass is 327 g/mol. The number of likely N-dealkylation sites (tertiary alicyclic amines) is 1. The number of nitrogen functional groups attached to an aromatic ring is 1. The number of halogens is 1. The Balaban J connectivity index is 1.63. The molecule has 5 nitrogen and oxygen atoms in total. The molecule has 1 amide bonds. The second-order valence-corrected chi connectivity index (χ2v) is 6.64. The fourth-order valence-corrected chi connectivity index (χ4v) is 3.90. The van der Waals surface area contributed by atoms with E-state index in [4.69, 9.17) is 5.73 Å². The van der Waals surface area contributed by atoms with Crippen molar-refractivity contribution in [3.63, 3.8) is 0 Å². The summed E-state index contributed by atoms with van der Waals surface area (Å²) in [7, 11) is 0. The van der Waals surface area contributed by atoms with Crippen LogP contribution in [0.25, 0.3) is 0 Å². The Hall–Kier alpha value is -2.63. The van der Waals surface area contributed by atoms with E-state index in [1.807, 2.05) is 11.0 Å². The van der Waals surface area contributed by atoms with Crippen LogP contribution in [0, 0.1) is 11.7 Å². The van der Waals surface area contributed by atoms with Gasteiger partial charge in [-0.15, -0.1) is 0 Å². The van der Waals surface area contributed by atoms with Gasteiger partial charge in [-0.05, 0) is 48.7 Å². The van der Waals surface area contributed by atoms with Crippen molar-refractivity contribution in [3.8, 4) is 0 Å². The minimum absolute atomic E-state index is 0.0871. The number of hydrogen-bond donors (Lipinski definition) is 1. The molecule has 1 saturated heterocycles. The first-order valence-electron chi connectivity index (χ1n) is 8.07. The van der Waals surface area contributed by atoms with Crippen molar-refractivity contribution in [2.75, 3.05) is 18.8 Å². The normalized spacial score (nSPS) is 22.1. The van der Waals surface area contributed by atoms with Crippen molar-refractivity contribution in [2.45, 2.75) is 18.9 Å². The fraction of sp³-hybridized carbons (Fsp3) is 0.333. The summed E-state index contributed by atoms with van der Waals surface area (Å²) in [6, 6.07) is 9.17. The van der Waals surface area contributed by atoms with E-state index in [1.165, 1.54) is 24.3 Å². The van der Waals surface area contributed by atoms with E-state index in [0.717, 1.165) is 12.1 Å². The Morgan fingerprint density at radius 3 is 2.58 bits per heavy atom. The number of carbonyl (C=O) groups is 1. The van der Waals surface area contributed by atoms with Gasteiger partial charge in [0.15, 0.2) is 0 Å². The van der Waals surface area contributed by atoms with Crippen molar-refractivity contribution in [2.24, 2.45) is 5.92 Å². The van der Waals surface area contributed by atoms with Crippen LogP contribution in [-0.4, -0.2) is 28.5 Å². The molecule has 24 heavy (non-hydrogen) atoms. The first kappa shape index (κ1) is 14.9. The number of pyridine rings is 1. The van der Waals surface area contributed by atoms with Gasteiger partial charge in [-0.2, -0.15) is 0 Å². The van der Waals surface area contributed by atoms with E-state index in [9.17, 15) is 14.0 Å². The minimum Gasteiger partial charge on any atom is -0.394 e. The second-order valence-electron chi connectivity index (χ2n) is 6.64. The highest BCUT2D eigenvalue weighted by Gasteiger charge is 2.36. The van der Waals surface area contributed by atoms with Gasteiger partial charge in [0, 0.05) is 36.8 Å². The highest BCUT2D eigenvalue weighted by atomic mass is 19.1. The second kappa shape index (κ2) is 5.47. The summed E-state index contributed by atoms with van der Waals surface area (Å²) in [5.41, 5.74) is 7.29. The molecule has 1 aromatic heterocycles. The molecule has 2 bridgehead atoms. The summed E-state index contributed by atoms with van der Waals surface area (Å²) in [6.07, 6.45) is 0.969. The number of nitrogens with two attached hydrogens (primary N) is 1. The van der Waals surface area contributed by atoms with Gasteiger partial charge in [-0.25, -0.2) is 4.39 Å². The number of rotatable bonds is 1. The molecule has 0 unspecified atom stereocenters. The molecule has 0 saturated carbocycles. The molecule has 124 valence electrons. The van der Waals surface area contributed by atoms with E-state index in [-0.39, 0.29) is 34.8 Å². The summed E-state index contributed by atoms with van der Waals surface area (Å²) in [5, 5.41) is 0. The van der Waals surface area contributed by atoms with Crippen LogP contribution >= 0.6 is 0 Å². The topological polar surface area (TPSA) is 68.3 Å². The third-order valence-electron chi connectivity index (χ3n) is 5.01. The number of anilines is 1. The van der Waals surface area contributed by atoms with Gasteiger partial charge >= 0.3 is 0 Å². The fourth-order valence-electron chi connectivity index (χ4n) is 3.90. The van der Waals surface area contributed by atoms with Crippen LogP contribution in [0.3, 0.4) is 0 Å². The highest BCUT2D eigenvalue weighted by Crippen LogP contribution is 2.35. The maximum Gasteiger partial charge on any atom is 0.273 e. The molecule has 0 radical (unpaired) electrons. The molecule has 3 heterocycles. The van der Waals surface area contributed by atoms with Gasteiger partial charge in [0.2, 0.25) is 0 Å². The van der Waals surface area contributed by atoms with Gasteiger partial charge in [0.05, 0.1) is 5.69 Å². The first-order valence-corrected chi connectivity index (χ1v) is 8.07. The average molecular weight is 327 g/mol. The van der Waals surface area contributed by atoms with Gasteiger partial charge in [0.1, 0.15) is 5.82 Å². The predicted octanol–water partition coefficient (Wildman–Crippen LogP) is 1.83. The third-order valence-corrected chi connectivity index (χ3v) is 5.01. The quantitative estimate of drug-likeness (QED) is 0.869. The first-order chi connectivity index (χ1) is 11.5. The van der Waals surface area contributed by atoms with Crippen molar-refractivity contribution < 1.29 is 9.18 Å². The maximum atomic E-state index is 13.0. The molecule has 2 aromatic rings. The Labute approximate surface area is 138 Å².